The molecule has 1 fully saturated rings. The first-order valence-corrected chi connectivity index (χ1v) is 7.20. The van der Waals surface area contributed by atoms with Gasteiger partial charge in [0.05, 0.1) is 0 Å². The van der Waals surface area contributed by atoms with E-state index in [1.165, 1.54) is 18.8 Å². The molecule has 5 nitrogen and oxygen atoms in total. The highest BCUT2D eigenvalue weighted by Crippen LogP contribution is 2.35. The number of hydrogen-bond acceptors (Lipinski definition) is 4. The first-order valence-electron chi connectivity index (χ1n) is 7.20. The maximum absolute atomic E-state index is 11.2. The van der Waals surface area contributed by atoms with Gasteiger partial charge in [0.1, 0.15) is 6.10 Å². The van der Waals surface area contributed by atoms with Crippen molar-refractivity contribution in [3.63, 3.8) is 0 Å². The van der Waals surface area contributed by atoms with E-state index in [0.29, 0.717) is 17.8 Å². The minimum atomic E-state index is -1.10. The SMILES string of the molecule is CC1CCC(C(C)C)C(Oc2nccnc2C(=O)O)C1. The number of hydrogen-bond donors (Lipinski definition) is 1. The molecule has 0 amide bonds. The van der Waals surface area contributed by atoms with Gasteiger partial charge in [0, 0.05) is 12.4 Å². The van der Waals surface area contributed by atoms with Gasteiger partial charge >= 0.3 is 5.97 Å². The summed E-state index contributed by atoms with van der Waals surface area (Å²) in [7, 11) is 0. The summed E-state index contributed by atoms with van der Waals surface area (Å²) >= 11 is 0. The van der Waals surface area contributed by atoms with Gasteiger partial charge in [-0.05, 0) is 30.6 Å². The molecule has 1 saturated carbocycles. The Morgan fingerprint density at radius 2 is 2.05 bits per heavy atom. The fourth-order valence-electron chi connectivity index (χ4n) is 2.95. The van der Waals surface area contributed by atoms with E-state index >= 15 is 0 Å². The number of aromatic nitrogens is 2. The van der Waals surface area contributed by atoms with Crippen LogP contribution in [0.15, 0.2) is 12.4 Å². The number of ether oxygens (including phenoxy) is 1. The Kier molecular flexibility index (Phi) is 4.57. The van der Waals surface area contributed by atoms with Crippen molar-refractivity contribution in [2.45, 2.75) is 46.1 Å². The summed E-state index contributed by atoms with van der Waals surface area (Å²) in [6, 6.07) is 0. The Labute approximate surface area is 119 Å². The molecule has 0 aliphatic heterocycles. The van der Waals surface area contributed by atoms with Crippen molar-refractivity contribution in [1.29, 1.82) is 0 Å². The van der Waals surface area contributed by atoms with Crippen molar-refractivity contribution in [1.82, 2.24) is 9.97 Å². The molecule has 3 atom stereocenters. The fraction of sp³-hybridized carbons (Fsp3) is 0.667. The van der Waals surface area contributed by atoms with Crippen molar-refractivity contribution in [3.8, 4) is 5.88 Å². The molecule has 1 aliphatic rings. The Bertz CT molecular complexity index is 476. The molecule has 1 aliphatic carbocycles. The largest absolute Gasteiger partial charge is 0.476 e. The minimum absolute atomic E-state index is 0.0218. The van der Waals surface area contributed by atoms with Gasteiger partial charge in [-0.2, -0.15) is 0 Å². The molecule has 1 heterocycles. The van der Waals surface area contributed by atoms with Crippen LogP contribution in [0.4, 0.5) is 0 Å². The van der Waals surface area contributed by atoms with Gasteiger partial charge in [-0.1, -0.05) is 27.2 Å². The zero-order valence-electron chi connectivity index (χ0n) is 12.2. The van der Waals surface area contributed by atoms with Gasteiger partial charge in [0.25, 0.3) is 0 Å². The topological polar surface area (TPSA) is 72.3 Å². The summed E-state index contributed by atoms with van der Waals surface area (Å²) in [4.78, 5) is 19.1. The zero-order chi connectivity index (χ0) is 14.7. The van der Waals surface area contributed by atoms with Crippen molar-refractivity contribution in [2.75, 3.05) is 0 Å². The molecule has 0 spiro atoms. The second-order valence-electron chi connectivity index (χ2n) is 6.00. The average Bonchev–Trinajstić information content (AvgIpc) is 2.38. The Morgan fingerprint density at radius 3 is 2.70 bits per heavy atom. The molecule has 3 unspecified atom stereocenters. The van der Waals surface area contributed by atoms with E-state index in [2.05, 4.69) is 30.7 Å². The molecule has 1 aromatic heterocycles. The minimum Gasteiger partial charge on any atom is -0.476 e. The van der Waals surface area contributed by atoms with Crippen LogP contribution in [-0.2, 0) is 0 Å². The zero-order valence-corrected chi connectivity index (χ0v) is 12.2. The van der Waals surface area contributed by atoms with E-state index in [0.717, 1.165) is 12.8 Å². The van der Waals surface area contributed by atoms with Gasteiger partial charge in [-0.3, -0.25) is 0 Å². The summed E-state index contributed by atoms with van der Waals surface area (Å²) in [5.74, 6) is 0.593. The third kappa shape index (κ3) is 3.26. The third-order valence-electron chi connectivity index (χ3n) is 4.09. The molecule has 5 heteroatoms. The van der Waals surface area contributed by atoms with Crippen LogP contribution in [0.1, 0.15) is 50.5 Å². The maximum atomic E-state index is 11.2. The molecule has 1 N–H and O–H groups in total. The molecule has 1 aromatic rings. The Morgan fingerprint density at radius 1 is 1.35 bits per heavy atom. The molecule has 20 heavy (non-hydrogen) atoms. The number of carbonyl (C=O) groups is 1. The highest BCUT2D eigenvalue weighted by molar-refractivity contribution is 5.87. The molecular weight excluding hydrogens is 256 g/mol. The van der Waals surface area contributed by atoms with Crippen LogP contribution in [-0.4, -0.2) is 27.1 Å². The van der Waals surface area contributed by atoms with Gasteiger partial charge < -0.3 is 9.84 Å². The standard InChI is InChI=1S/C15H22N2O3/c1-9(2)11-5-4-10(3)8-12(11)20-14-13(15(18)19)16-6-7-17-14/h6-7,9-12H,4-5,8H2,1-3H3,(H,18,19). The predicted octanol–water partition coefficient (Wildman–Crippen LogP) is 3.01. The number of carboxylic acid groups (broad SMARTS) is 1. The highest BCUT2D eigenvalue weighted by atomic mass is 16.5. The molecule has 0 aromatic carbocycles. The molecule has 0 bridgehead atoms. The average molecular weight is 278 g/mol. The fourth-order valence-corrected chi connectivity index (χ4v) is 2.95. The van der Waals surface area contributed by atoms with Crippen molar-refractivity contribution >= 4 is 5.97 Å². The lowest BCUT2D eigenvalue weighted by molar-refractivity contribution is 0.0398. The normalized spacial score (nSPS) is 26.5. The van der Waals surface area contributed by atoms with E-state index in [1.54, 1.807) is 0 Å². The van der Waals surface area contributed by atoms with Crippen molar-refractivity contribution in [3.05, 3.63) is 18.1 Å². The summed E-state index contributed by atoms with van der Waals surface area (Å²) in [5.41, 5.74) is -0.103. The lowest BCUT2D eigenvalue weighted by Crippen LogP contribution is -2.37. The van der Waals surface area contributed by atoms with Crippen LogP contribution in [0, 0.1) is 17.8 Å². The molecule has 2 rings (SSSR count). The molecule has 0 radical (unpaired) electrons. The van der Waals surface area contributed by atoms with Gasteiger partial charge in [0.2, 0.25) is 11.6 Å². The smallest absolute Gasteiger partial charge is 0.360 e. The lowest BCUT2D eigenvalue weighted by Gasteiger charge is -2.37. The first kappa shape index (κ1) is 14.8. The van der Waals surface area contributed by atoms with Crippen molar-refractivity contribution < 1.29 is 14.6 Å². The van der Waals surface area contributed by atoms with E-state index in [9.17, 15) is 4.79 Å². The summed E-state index contributed by atoms with van der Waals surface area (Å²) < 4.78 is 5.94. The number of rotatable bonds is 4. The highest BCUT2D eigenvalue weighted by Gasteiger charge is 2.33. The first-order chi connectivity index (χ1) is 9.49. The number of carboxylic acids is 1. The summed E-state index contributed by atoms with van der Waals surface area (Å²) in [6.07, 6.45) is 6.13. The van der Waals surface area contributed by atoms with Crippen LogP contribution in [0.3, 0.4) is 0 Å². The monoisotopic (exact) mass is 278 g/mol. The predicted molar refractivity (Wildman–Crippen MR) is 74.8 cm³/mol. The Hall–Kier alpha value is -1.65. The quantitative estimate of drug-likeness (QED) is 0.916. The van der Waals surface area contributed by atoms with Crippen molar-refractivity contribution in [2.24, 2.45) is 17.8 Å². The third-order valence-corrected chi connectivity index (χ3v) is 4.09. The molecule has 110 valence electrons. The second kappa shape index (κ2) is 6.20. The van der Waals surface area contributed by atoms with Crippen LogP contribution in [0.5, 0.6) is 5.88 Å². The maximum Gasteiger partial charge on any atom is 0.360 e. The van der Waals surface area contributed by atoms with E-state index in [-0.39, 0.29) is 17.7 Å². The summed E-state index contributed by atoms with van der Waals surface area (Å²) in [6.45, 7) is 6.58. The van der Waals surface area contributed by atoms with Crippen LogP contribution < -0.4 is 4.74 Å². The Balaban J connectivity index is 2.20. The van der Waals surface area contributed by atoms with E-state index in [4.69, 9.17) is 9.84 Å². The summed E-state index contributed by atoms with van der Waals surface area (Å²) in [5, 5.41) is 9.14. The van der Waals surface area contributed by atoms with Crippen LogP contribution in [0.2, 0.25) is 0 Å². The van der Waals surface area contributed by atoms with Crippen LogP contribution in [0.25, 0.3) is 0 Å². The van der Waals surface area contributed by atoms with Crippen LogP contribution >= 0.6 is 0 Å². The number of aromatic carboxylic acids is 1. The van der Waals surface area contributed by atoms with Gasteiger partial charge in [0.15, 0.2) is 0 Å². The van der Waals surface area contributed by atoms with E-state index in [1.807, 2.05) is 0 Å². The lowest BCUT2D eigenvalue weighted by atomic mass is 9.75. The molecular formula is C15H22N2O3. The molecule has 0 saturated heterocycles. The second-order valence-corrected chi connectivity index (χ2v) is 6.00. The van der Waals surface area contributed by atoms with E-state index < -0.39 is 5.97 Å². The van der Waals surface area contributed by atoms with Gasteiger partial charge in [-0.25, -0.2) is 14.8 Å². The number of nitrogens with zero attached hydrogens (tertiary/aromatic N) is 2. The van der Waals surface area contributed by atoms with Gasteiger partial charge in [-0.15, -0.1) is 0 Å².